The fourth-order valence-electron chi connectivity index (χ4n) is 3.84. The fraction of sp³-hybridized carbons (Fsp3) is 0.167. The van der Waals surface area contributed by atoms with Crippen molar-refractivity contribution in [1.29, 1.82) is 0 Å². The Balaban J connectivity index is 1.61. The van der Waals surface area contributed by atoms with E-state index in [9.17, 15) is 8.76 Å². The predicted molar refractivity (Wildman–Crippen MR) is 125 cm³/mol. The second-order valence-electron chi connectivity index (χ2n) is 7.44. The Labute approximate surface area is 191 Å². The number of aromatic nitrogens is 2. The van der Waals surface area contributed by atoms with E-state index in [-0.39, 0.29) is 6.54 Å². The Morgan fingerprint density at radius 2 is 1.78 bits per heavy atom. The van der Waals surface area contributed by atoms with Crippen LogP contribution < -0.4 is 4.74 Å². The van der Waals surface area contributed by atoms with Gasteiger partial charge in [0.25, 0.3) is 0 Å². The highest BCUT2D eigenvalue weighted by molar-refractivity contribution is 7.97. The summed E-state index contributed by atoms with van der Waals surface area (Å²) >= 11 is 1.23. The molecule has 0 N–H and O–H groups in total. The smallest absolute Gasteiger partial charge is 0.229 e. The zero-order chi connectivity index (χ0) is 22.1. The van der Waals surface area contributed by atoms with Crippen LogP contribution in [0.25, 0.3) is 22.6 Å². The molecule has 3 heterocycles. The maximum Gasteiger partial charge on any atom is 0.229 e. The number of thiophene rings is 1. The maximum atomic E-state index is 13.2. The van der Waals surface area contributed by atoms with E-state index in [1.54, 1.807) is 24.6 Å². The summed E-state index contributed by atoms with van der Waals surface area (Å²) < 4.78 is 33.5. The highest BCUT2D eigenvalue weighted by atomic mass is 32.3. The van der Waals surface area contributed by atoms with Crippen LogP contribution in [0.5, 0.6) is 5.75 Å². The van der Waals surface area contributed by atoms with Gasteiger partial charge in [-0.15, -0.1) is 4.31 Å². The molecule has 2 aromatic carbocycles. The van der Waals surface area contributed by atoms with Gasteiger partial charge in [0.1, 0.15) is 5.75 Å². The van der Waals surface area contributed by atoms with Crippen LogP contribution in [-0.2, 0) is 27.6 Å². The van der Waals surface area contributed by atoms with Crippen LogP contribution in [0.15, 0.2) is 76.3 Å². The third kappa shape index (κ3) is 3.86. The van der Waals surface area contributed by atoms with E-state index in [4.69, 9.17) is 14.7 Å². The van der Waals surface area contributed by atoms with Crippen molar-refractivity contribution in [3.05, 3.63) is 83.4 Å². The van der Waals surface area contributed by atoms with Gasteiger partial charge in [-0.05, 0) is 35.7 Å². The monoisotopic (exact) mass is 463 g/mol. The quantitative estimate of drug-likeness (QED) is 0.396. The molecule has 0 spiro atoms. The lowest BCUT2D eigenvalue weighted by atomic mass is 9.99. The van der Waals surface area contributed by atoms with Crippen LogP contribution in [0.3, 0.4) is 0 Å². The Morgan fingerprint density at radius 1 is 1.00 bits per heavy atom. The predicted octanol–water partition coefficient (Wildman–Crippen LogP) is 4.84. The summed E-state index contributed by atoms with van der Waals surface area (Å²) in [6.45, 7) is 0.631. The summed E-state index contributed by atoms with van der Waals surface area (Å²) in [7, 11) is -1.93. The Morgan fingerprint density at radius 3 is 2.47 bits per heavy atom. The van der Waals surface area contributed by atoms with E-state index in [2.05, 4.69) is 0 Å². The SMILES string of the molecule is COc1ccc(-c2nc(-c3ccccc3)nc3c2CN([S+](=O)([O-])c2cccs2)CC3)cc1. The van der Waals surface area contributed by atoms with Gasteiger partial charge in [0.2, 0.25) is 4.21 Å². The highest BCUT2D eigenvalue weighted by Gasteiger charge is 2.36. The topological polar surface area (TPSA) is 78.4 Å². The summed E-state index contributed by atoms with van der Waals surface area (Å²) in [5, 5.41) is 1.78. The summed E-state index contributed by atoms with van der Waals surface area (Å²) in [6.07, 6.45) is 0.533. The number of sulfonamides is 1. The van der Waals surface area contributed by atoms with E-state index < -0.39 is 10.4 Å². The van der Waals surface area contributed by atoms with Crippen molar-refractivity contribution in [1.82, 2.24) is 14.3 Å². The third-order valence-corrected chi connectivity index (χ3v) is 8.73. The first kappa shape index (κ1) is 21.0. The van der Waals surface area contributed by atoms with E-state index in [0.29, 0.717) is 23.0 Å². The van der Waals surface area contributed by atoms with Crippen molar-refractivity contribution in [2.75, 3.05) is 13.7 Å². The fourth-order valence-corrected chi connectivity index (χ4v) is 6.39. The first-order chi connectivity index (χ1) is 15.6. The second-order valence-corrected chi connectivity index (χ2v) is 10.5. The average Bonchev–Trinajstić information content (AvgIpc) is 3.40. The lowest BCUT2D eigenvalue weighted by Crippen LogP contribution is -2.40. The molecule has 1 unspecified atom stereocenters. The molecule has 0 fully saturated rings. The van der Waals surface area contributed by atoms with Crippen LogP contribution in [0.2, 0.25) is 0 Å². The molecule has 4 aromatic rings. The molecular formula is C24H21N3O3S2. The van der Waals surface area contributed by atoms with Gasteiger partial charge in [-0.25, -0.2) is 9.97 Å². The number of fused-ring (bicyclic) bond motifs is 1. The van der Waals surface area contributed by atoms with Crippen molar-refractivity contribution in [3.63, 3.8) is 0 Å². The minimum absolute atomic E-state index is 0.242. The normalized spacial score (nSPS) is 15.7. The lowest BCUT2D eigenvalue weighted by molar-refractivity contribution is 0.339. The van der Waals surface area contributed by atoms with E-state index in [1.807, 2.05) is 54.6 Å². The van der Waals surface area contributed by atoms with Gasteiger partial charge < -0.3 is 9.29 Å². The number of benzene rings is 2. The number of hydrogen-bond acceptors (Lipinski definition) is 6. The van der Waals surface area contributed by atoms with Crippen LogP contribution >= 0.6 is 11.3 Å². The molecule has 0 aliphatic carbocycles. The molecule has 0 saturated heterocycles. The zero-order valence-corrected chi connectivity index (χ0v) is 19.1. The molecule has 2 aromatic heterocycles. The average molecular weight is 464 g/mol. The summed E-state index contributed by atoms with van der Waals surface area (Å²) in [5.74, 6) is 1.39. The molecule has 1 atom stereocenters. The Hall–Kier alpha value is -2.91. The van der Waals surface area contributed by atoms with Crippen LogP contribution in [0.1, 0.15) is 11.3 Å². The number of methoxy groups -OCH3 is 1. The van der Waals surface area contributed by atoms with E-state index in [0.717, 1.165) is 33.8 Å². The van der Waals surface area contributed by atoms with Crippen LogP contribution in [0, 0.1) is 0 Å². The largest absolute Gasteiger partial charge is 0.592 e. The summed E-state index contributed by atoms with van der Waals surface area (Å²) in [6, 6.07) is 20.9. The summed E-state index contributed by atoms with van der Waals surface area (Å²) in [5.41, 5.74) is 4.32. The third-order valence-electron chi connectivity index (χ3n) is 5.51. The standard InChI is InChI=1S/C24H21N3O3S2/c1-30-19-11-9-17(10-12-19)23-20-16-27(32(28,29)22-8-5-15-31-22)14-13-21(20)25-24(26-23)18-6-3-2-4-7-18/h2-12,15H,13-14,16H2,1H3. The molecule has 162 valence electrons. The molecule has 32 heavy (non-hydrogen) atoms. The molecule has 0 saturated carbocycles. The minimum atomic E-state index is -3.56. The van der Waals surface area contributed by atoms with Gasteiger partial charge in [-0.2, -0.15) is 0 Å². The molecular weight excluding hydrogens is 442 g/mol. The second kappa shape index (κ2) is 8.55. The zero-order valence-electron chi connectivity index (χ0n) is 17.4. The highest BCUT2D eigenvalue weighted by Crippen LogP contribution is 2.35. The van der Waals surface area contributed by atoms with Gasteiger partial charge in [0, 0.05) is 29.2 Å². The van der Waals surface area contributed by atoms with Gasteiger partial charge in [-0.3, -0.25) is 0 Å². The number of rotatable bonds is 5. The number of ether oxygens (including phenoxy) is 1. The van der Waals surface area contributed by atoms with Gasteiger partial charge in [0.05, 0.1) is 31.6 Å². The number of nitrogens with zero attached hydrogens (tertiary/aromatic N) is 3. The first-order valence-corrected chi connectivity index (χ1v) is 12.5. The molecule has 1 aliphatic heterocycles. The molecule has 1 aliphatic rings. The van der Waals surface area contributed by atoms with Crippen molar-refractivity contribution in [2.24, 2.45) is 0 Å². The van der Waals surface area contributed by atoms with Crippen molar-refractivity contribution in [2.45, 2.75) is 17.2 Å². The maximum absolute atomic E-state index is 13.2. The van der Waals surface area contributed by atoms with Gasteiger partial charge in [-0.1, -0.05) is 45.9 Å². The first-order valence-electron chi connectivity index (χ1n) is 10.2. The summed E-state index contributed by atoms with van der Waals surface area (Å²) in [4.78, 5) is 9.72. The molecule has 8 heteroatoms. The molecule has 0 amide bonds. The Bertz CT molecular complexity index is 1280. The Kier molecular flexibility index (Phi) is 5.60. The van der Waals surface area contributed by atoms with Crippen LogP contribution in [0.4, 0.5) is 0 Å². The van der Waals surface area contributed by atoms with E-state index >= 15 is 0 Å². The molecule has 0 bridgehead atoms. The van der Waals surface area contributed by atoms with Crippen molar-refractivity contribution >= 4 is 21.7 Å². The lowest BCUT2D eigenvalue weighted by Gasteiger charge is -2.31. The van der Waals surface area contributed by atoms with E-state index in [1.165, 1.54) is 15.6 Å². The van der Waals surface area contributed by atoms with Gasteiger partial charge in [0.15, 0.2) is 16.2 Å². The van der Waals surface area contributed by atoms with Crippen molar-refractivity contribution < 1.29 is 13.5 Å². The molecule has 0 radical (unpaired) electrons. The van der Waals surface area contributed by atoms with Crippen molar-refractivity contribution in [3.8, 4) is 28.4 Å². The van der Waals surface area contributed by atoms with Gasteiger partial charge >= 0.3 is 0 Å². The number of hydrogen-bond donors (Lipinski definition) is 0. The molecule has 6 nitrogen and oxygen atoms in total. The van der Waals surface area contributed by atoms with Crippen LogP contribution in [-0.4, -0.2) is 32.5 Å². The molecule has 5 rings (SSSR count). The minimum Gasteiger partial charge on any atom is -0.592 e.